The molecule has 22 heavy (non-hydrogen) atoms. The van der Waals surface area contributed by atoms with Gasteiger partial charge >= 0.3 is 0 Å². The molecule has 0 aliphatic rings. The lowest BCUT2D eigenvalue weighted by Crippen LogP contribution is -2.24. The van der Waals surface area contributed by atoms with Crippen molar-refractivity contribution in [3.63, 3.8) is 0 Å². The third kappa shape index (κ3) is 4.25. The van der Waals surface area contributed by atoms with E-state index in [1.807, 2.05) is 36.4 Å². The number of nitrogens with zero attached hydrogens (tertiary/aromatic N) is 1. The summed E-state index contributed by atoms with van der Waals surface area (Å²) in [5.74, 6) is 0. The highest BCUT2D eigenvalue weighted by molar-refractivity contribution is 5.60. The lowest BCUT2D eigenvalue weighted by Gasteiger charge is -2.15. The quantitative estimate of drug-likeness (QED) is 0.609. The summed E-state index contributed by atoms with van der Waals surface area (Å²) in [7, 11) is 0. The first-order valence-corrected chi connectivity index (χ1v) is 7.01. The van der Waals surface area contributed by atoms with Crippen molar-refractivity contribution >= 4 is 11.8 Å². The van der Waals surface area contributed by atoms with Crippen LogP contribution in [0.4, 0.5) is 5.69 Å². The number of benzene rings is 2. The van der Waals surface area contributed by atoms with Gasteiger partial charge < -0.3 is 10.4 Å². The molecule has 0 radical (unpaired) electrons. The molecule has 1 atom stereocenters. The van der Waals surface area contributed by atoms with Gasteiger partial charge in [-0.3, -0.25) is 10.1 Å². The van der Waals surface area contributed by atoms with Crippen LogP contribution < -0.4 is 5.32 Å². The molecule has 0 spiro atoms. The van der Waals surface area contributed by atoms with Crippen molar-refractivity contribution in [3.05, 3.63) is 81.9 Å². The van der Waals surface area contributed by atoms with Crippen LogP contribution in [0.1, 0.15) is 17.2 Å². The Kier molecular flexibility index (Phi) is 5.82. The highest BCUT2D eigenvalue weighted by Crippen LogP contribution is 2.18. The summed E-state index contributed by atoms with van der Waals surface area (Å²) in [5.41, 5.74) is 1.65. The highest BCUT2D eigenvalue weighted by atomic mass is 16.6. The minimum absolute atomic E-state index is 0.0106. The summed E-state index contributed by atoms with van der Waals surface area (Å²) in [4.78, 5) is 10.5. The van der Waals surface area contributed by atoms with E-state index in [0.29, 0.717) is 12.1 Å². The van der Waals surface area contributed by atoms with Gasteiger partial charge in [0.05, 0.1) is 23.1 Å². The molecule has 5 nitrogen and oxygen atoms in total. The topological polar surface area (TPSA) is 75.4 Å². The van der Waals surface area contributed by atoms with Gasteiger partial charge in [-0.15, -0.1) is 0 Å². The molecule has 0 saturated carbocycles. The Hall–Kier alpha value is -2.50. The lowest BCUT2D eigenvalue weighted by molar-refractivity contribution is -0.385. The van der Waals surface area contributed by atoms with Crippen LogP contribution in [-0.4, -0.2) is 23.2 Å². The van der Waals surface area contributed by atoms with Crippen molar-refractivity contribution in [2.75, 3.05) is 13.2 Å². The molecule has 114 valence electrons. The first-order chi connectivity index (χ1) is 10.7. The van der Waals surface area contributed by atoms with Crippen molar-refractivity contribution in [1.82, 2.24) is 5.32 Å². The molecule has 1 unspecified atom stereocenters. The molecule has 0 bridgehead atoms. The smallest absolute Gasteiger partial charge is 0.276 e. The summed E-state index contributed by atoms with van der Waals surface area (Å²) in [5, 5.41) is 23.6. The van der Waals surface area contributed by atoms with E-state index in [1.165, 1.54) is 6.07 Å². The Morgan fingerprint density at radius 1 is 1.14 bits per heavy atom. The van der Waals surface area contributed by atoms with Gasteiger partial charge in [0, 0.05) is 12.6 Å². The van der Waals surface area contributed by atoms with E-state index in [1.54, 1.807) is 24.3 Å². The van der Waals surface area contributed by atoms with E-state index in [9.17, 15) is 15.2 Å². The summed E-state index contributed by atoms with van der Waals surface area (Å²) < 4.78 is 0. The molecule has 2 aromatic rings. The number of aliphatic hydroxyl groups is 1. The fraction of sp³-hybridized carbons (Fsp3) is 0.176. The van der Waals surface area contributed by atoms with Gasteiger partial charge in [-0.25, -0.2) is 0 Å². The van der Waals surface area contributed by atoms with Crippen LogP contribution in [0, 0.1) is 10.1 Å². The molecule has 0 heterocycles. The van der Waals surface area contributed by atoms with Crippen LogP contribution in [0.5, 0.6) is 0 Å². The second-order valence-electron chi connectivity index (χ2n) is 4.77. The molecule has 0 aromatic heterocycles. The number of nitrogens with one attached hydrogen (secondary N) is 1. The van der Waals surface area contributed by atoms with Gasteiger partial charge in [-0.1, -0.05) is 54.6 Å². The Labute approximate surface area is 129 Å². The van der Waals surface area contributed by atoms with E-state index in [2.05, 4.69) is 5.32 Å². The zero-order chi connectivity index (χ0) is 15.8. The van der Waals surface area contributed by atoms with Crippen molar-refractivity contribution in [1.29, 1.82) is 0 Å². The van der Waals surface area contributed by atoms with Crippen molar-refractivity contribution in [2.45, 2.75) is 6.04 Å². The van der Waals surface area contributed by atoms with Crippen LogP contribution in [0.25, 0.3) is 6.08 Å². The highest BCUT2D eigenvalue weighted by Gasteiger charge is 2.10. The molecule has 0 fully saturated rings. The minimum atomic E-state index is -0.395. The normalized spacial score (nSPS) is 12.4. The second-order valence-corrected chi connectivity index (χ2v) is 4.77. The van der Waals surface area contributed by atoms with Crippen molar-refractivity contribution in [2.24, 2.45) is 0 Å². The molecule has 0 aliphatic heterocycles. The van der Waals surface area contributed by atoms with Crippen LogP contribution in [0.3, 0.4) is 0 Å². The molecule has 2 aromatic carbocycles. The number of rotatable bonds is 7. The van der Waals surface area contributed by atoms with Gasteiger partial charge in [0.1, 0.15) is 0 Å². The first kappa shape index (κ1) is 15.9. The fourth-order valence-electron chi connectivity index (χ4n) is 2.16. The SMILES string of the molecule is O=[N+]([O-])c1ccccc1/C=C/CNC(CO)c1ccccc1. The Balaban J connectivity index is 1.97. The largest absolute Gasteiger partial charge is 0.394 e. The number of nitro benzene ring substituents is 1. The average molecular weight is 298 g/mol. The third-order valence-corrected chi connectivity index (χ3v) is 3.30. The Morgan fingerprint density at radius 2 is 1.82 bits per heavy atom. The maximum absolute atomic E-state index is 10.9. The first-order valence-electron chi connectivity index (χ1n) is 7.01. The van der Waals surface area contributed by atoms with Gasteiger partial charge in [-0.05, 0) is 11.6 Å². The van der Waals surface area contributed by atoms with Crippen molar-refractivity contribution in [3.8, 4) is 0 Å². The zero-order valence-corrected chi connectivity index (χ0v) is 12.1. The number of nitro groups is 1. The van der Waals surface area contributed by atoms with E-state index >= 15 is 0 Å². The summed E-state index contributed by atoms with van der Waals surface area (Å²) >= 11 is 0. The Bertz CT molecular complexity index is 641. The number of hydrogen-bond donors (Lipinski definition) is 2. The minimum Gasteiger partial charge on any atom is -0.394 e. The fourth-order valence-corrected chi connectivity index (χ4v) is 2.16. The second kappa shape index (κ2) is 8.07. The van der Waals surface area contributed by atoms with Gasteiger partial charge in [0.25, 0.3) is 5.69 Å². The monoisotopic (exact) mass is 298 g/mol. The third-order valence-electron chi connectivity index (χ3n) is 3.30. The summed E-state index contributed by atoms with van der Waals surface area (Å²) in [6.07, 6.45) is 3.53. The molecule has 0 saturated heterocycles. The van der Waals surface area contributed by atoms with Crippen LogP contribution in [-0.2, 0) is 0 Å². The van der Waals surface area contributed by atoms with E-state index in [0.717, 1.165) is 5.56 Å². The summed E-state index contributed by atoms with van der Waals surface area (Å²) in [6.45, 7) is 0.496. The predicted molar refractivity (Wildman–Crippen MR) is 86.4 cm³/mol. The average Bonchev–Trinajstić information content (AvgIpc) is 2.56. The van der Waals surface area contributed by atoms with E-state index in [4.69, 9.17) is 0 Å². The number of aliphatic hydroxyl groups excluding tert-OH is 1. The van der Waals surface area contributed by atoms with Crippen LogP contribution in [0.15, 0.2) is 60.7 Å². The number of hydrogen-bond acceptors (Lipinski definition) is 4. The van der Waals surface area contributed by atoms with Crippen LogP contribution in [0.2, 0.25) is 0 Å². The molecule has 0 amide bonds. The Morgan fingerprint density at radius 3 is 2.50 bits per heavy atom. The van der Waals surface area contributed by atoms with E-state index < -0.39 is 4.92 Å². The summed E-state index contributed by atoms with van der Waals surface area (Å²) in [6, 6.07) is 16.1. The molecule has 2 N–H and O–H groups in total. The predicted octanol–water partition coefficient (Wildman–Crippen LogP) is 2.93. The van der Waals surface area contributed by atoms with E-state index in [-0.39, 0.29) is 18.3 Å². The standard InChI is InChI=1S/C17H18N2O3/c20-13-16(14-7-2-1-3-8-14)18-12-6-10-15-9-4-5-11-17(15)19(21)22/h1-11,16,18,20H,12-13H2/b10-6+. The molecule has 5 heteroatoms. The molecule has 2 rings (SSSR count). The zero-order valence-electron chi connectivity index (χ0n) is 12.1. The molecular weight excluding hydrogens is 280 g/mol. The lowest BCUT2D eigenvalue weighted by atomic mass is 10.1. The van der Waals surface area contributed by atoms with Crippen LogP contribution >= 0.6 is 0 Å². The maximum Gasteiger partial charge on any atom is 0.276 e. The van der Waals surface area contributed by atoms with Gasteiger partial charge in [0.15, 0.2) is 0 Å². The number of para-hydroxylation sites is 1. The van der Waals surface area contributed by atoms with Gasteiger partial charge in [-0.2, -0.15) is 0 Å². The molecular formula is C17H18N2O3. The van der Waals surface area contributed by atoms with Crippen molar-refractivity contribution < 1.29 is 10.0 Å². The maximum atomic E-state index is 10.9. The molecule has 0 aliphatic carbocycles. The van der Waals surface area contributed by atoms with Gasteiger partial charge in [0.2, 0.25) is 0 Å².